The Hall–Kier alpha value is -4.12. The number of hydrogen-bond acceptors (Lipinski definition) is 5. The lowest BCUT2D eigenvalue weighted by Gasteiger charge is -2.31. The molecular weight excluding hydrogens is 438 g/mol. The molecule has 4 aromatic rings. The van der Waals surface area contributed by atoms with E-state index in [-0.39, 0.29) is 17.2 Å². The van der Waals surface area contributed by atoms with Crippen molar-refractivity contribution in [1.82, 2.24) is 0 Å². The number of aromatic hydroxyl groups is 3. The SMILES string of the molecule is Cc1cc(O)c(C)c(Oc2ccccc2N(c2cc(C)c(O)cc2C)c2cc(C)c(O)cc2C)c1. The van der Waals surface area contributed by atoms with Crippen molar-refractivity contribution >= 4 is 17.1 Å². The van der Waals surface area contributed by atoms with E-state index < -0.39 is 0 Å². The van der Waals surface area contributed by atoms with E-state index in [9.17, 15) is 15.3 Å². The van der Waals surface area contributed by atoms with Crippen LogP contribution in [0.1, 0.15) is 33.4 Å². The van der Waals surface area contributed by atoms with E-state index in [0.717, 1.165) is 44.9 Å². The Balaban J connectivity index is 1.98. The molecule has 0 heterocycles. The second-order valence-corrected chi connectivity index (χ2v) is 9.16. The molecule has 0 aliphatic rings. The number of rotatable bonds is 5. The molecule has 4 rings (SSSR count). The number of nitrogens with zero attached hydrogens (tertiary/aromatic N) is 1. The lowest BCUT2D eigenvalue weighted by Crippen LogP contribution is -2.14. The highest BCUT2D eigenvalue weighted by atomic mass is 16.5. The zero-order chi connectivity index (χ0) is 25.4. The van der Waals surface area contributed by atoms with Gasteiger partial charge in [0.1, 0.15) is 23.0 Å². The average molecular weight is 470 g/mol. The van der Waals surface area contributed by atoms with Crippen LogP contribution in [0.4, 0.5) is 17.1 Å². The smallest absolute Gasteiger partial charge is 0.151 e. The zero-order valence-corrected chi connectivity index (χ0v) is 21.0. The van der Waals surface area contributed by atoms with Gasteiger partial charge >= 0.3 is 0 Å². The van der Waals surface area contributed by atoms with E-state index in [0.29, 0.717) is 17.1 Å². The Morgan fingerprint density at radius 3 is 1.66 bits per heavy atom. The van der Waals surface area contributed by atoms with E-state index >= 15 is 0 Å². The number of ether oxygens (including phenoxy) is 1. The van der Waals surface area contributed by atoms with Crippen LogP contribution in [0.25, 0.3) is 0 Å². The van der Waals surface area contributed by atoms with Crippen molar-refractivity contribution in [2.45, 2.75) is 41.5 Å². The predicted molar refractivity (Wildman–Crippen MR) is 141 cm³/mol. The van der Waals surface area contributed by atoms with Gasteiger partial charge in [0.2, 0.25) is 0 Å². The fourth-order valence-electron chi connectivity index (χ4n) is 4.20. The number of phenolic OH excluding ortho intramolecular Hbond substituents is 3. The van der Waals surface area contributed by atoms with E-state index in [4.69, 9.17) is 4.74 Å². The fraction of sp³-hybridized carbons (Fsp3) is 0.200. The third-order valence-electron chi connectivity index (χ3n) is 6.31. The second kappa shape index (κ2) is 9.26. The molecule has 0 aliphatic heterocycles. The first-order valence-electron chi connectivity index (χ1n) is 11.5. The average Bonchev–Trinajstić information content (AvgIpc) is 2.79. The summed E-state index contributed by atoms with van der Waals surface area (Å²) in [5.41, 5.74) is 7.38. The van der Waals surface area contributed by atoms with Crippen LogP contribution in [0.15, 0.2) is 60.7 Å². The van der Waals surface area contributed by atoms with E-state index in [1.165, 1.54) is 0 Å². The molecule has 0 amide bonds. The van der Waals surface area contributed by atoms with Gasteiger partial charge in [0, 0.05) is 16.9 Å². The van der Waals surface area contributed by atoms with Crippen LogP contribution >= 0.6 is 0 Å². The summed E-state index contributed by atoms with van der Waals surface area (Å²) in [4.78, 5) is 2.09. The summed E-state index contributed by atoms with van der Waals surface area (Å²) in [6.07, 6.45) is 0. The summed E-state index contributed by atoms with van der Waals surface area (Å²) in [6, 6.07) is 18.8. The molecule has 4 aromatic carbocycles. The van der Waals surface area contributed by atoms with Gasteiger partial charge in [-0.3, -0.25) is 0 Å². The highest BCUT2D eigenvalue weighted by Crippen LogP contribution is 2.46. The molecular formula is C30H31NO4. The van der Waals surface area contributed by atoms with Crippen LogP contribution in [0.5, 0.6) is 28.7 Å². The van der Waals surface area contributed by atoms with Crippen LogP contribution in [0.3, 0.4) is 0 Å². The number of para-hydroxylation sites is 2. The number of aryl methyl sites for hydroxylation is 5. The first-order chi connectivity index (χ1) is 16.6. The maximum absolute atomic E-state index is 10.3. The summed E-state index contributed by atoms with van der Waals surface area (Å²) >= 11 is 0. The van der Waals surface area contributed by atoms with Gasteiger partial charge in [0.15, 0.2) is 5.75 Å². The highest BCUT2D eigenvalue weighted by molar-refractivity contribution is 5.84. The Bertz CT molecular complexity index is 1370. The van der Waals surface area contributed by atoms with Gasteiger partial charge in [-0.1, -0.05) is 12.1 Å². The fourth-order valence-corrected chi connectivity index (χ4v) is 4.20. The van der Waals surface area contributed by atoms with Gasteiger partial charge in [0.05, 0.1) is 5.69 Å². The second-order valence-electron chi connectivity index (χ2n) is 9.16. The largest absolute Gasteiger partial charge is 0.508 e. The zero-order valence-electron chi connectivity index (χ0n) is 21.0. The van der Waals surface area contributed by atoms with Crippen LogP contribution in [0.2, 0.25) is 0 Å². The summed E-state index contributed by atoms with van der Waals surface area (Å²) in [5.74, 6) is 1.84. The van der Waals surface area contributed by atoms with E-state index in [2.05, 4.69) is 4.90 Å². The van der Waals surface area contributed by atoms with Crippen LogP contribution in [0, 0.1) is 41.5 Å². The summed E-state index contributed by atoms with van der Waals surface area (Å²) in [6.45, 7) is 11.4. The molecule has 3 N–H and O–H groups in total. The Kier molecular flexibility index (Phi) is 6.35. The summed E-state index contributed by atoms with van der Waals surface area (Å²) in [7, 11) is 0. The predicted octanol–water partition coefficient (Wildman–Crippen LogP) is 7.92. The number of anilines is 3. The number of phenols is 3. The van der Waals surface area contributed by atoms with Crippen molar-refractivity contribution in [1.29, 1.82) is 0 Å². The number of hydrogen-bond donors (Lipinski definition) is 3. The molecule has 0 fully saturated rings. The molecule has 0 radical (unpaired) electrons. The summed E-state index contributed by atoms with van der Waals surface area (Å²) in [5, 5.41) is 31.0. The molecule has 180 valence electrons. The molecule has 0 aromatic heterocycles. The maximum atomic E-state index is 10.3. The Morgan fingerprint density at radius 1 is 0.543 bits per heavy atom. The topological polar surface area (TPSA) is 73.2 Å². The molecule has 0 unspecified atom stereocenters. The number of benzene rings is 4. The van der Waals surface area contributed by atoms with Gasteiger partial charge < -0.3 is 25.0 Å². The lowest BCUT2D eigenvalue weighted by molar-refractivity contribution is 0.448. The lowest BCUT2D eigenvalue weighted by atomic mass is 10.0. The van der Waals surface area contributed by atoms with Gasteiger partial charge in [-0.05, 0) is 118 Å². The first-order valence-corrected chi connectivity index (χ1v) is 11.5. The minimum absolute atomic E-state index is 0.185. The van der Waals surface area contributed by atoms with Gasteiger partial charge in [-0.2, -0.15) is 0 Å². The third-order valence-corrected chi connectivity index (χ3v) is 6.31. The minimum atomic E-state index is 0.185. The van der Waals surface area contributed by atoms with Crippen LogP contribution in [-0.4, -0.2) is 15.3 Å². The molecule has 0 saturated heterocycles. The standard InChI is InChI=1S/C30H31NO4/c1-17-11-28(34)22(6)30(12-17)35-29-10-8-7-9-23(29)31(24-13-20(4)26(32)15-18(24)2)25-14-21(5)27(33)16-19(25)3/h7-16,32-34H,1-6H3. The van der Waals surface area contributed by atoms with Crippen molar-refractivity contribution in [3.63, 3.8) is 0 Å². The van der Waals surface area contributed by atoms with Crippen molar-refractivity contribution in [2.24, 2.45) is 0 Å². The normalized spacial score (nSPS) is 10.9. The summed E-state index contributed by atoms with van der Waals surface area (Å²) < 4.78 is 6.41. The molecule has 5 nitrogen and oxygen atoms in total. The van der Waals surface area contributed by atoms with Crippen LogP contribution < -0.4 is 9.64 Å². The van der Waals surface area contributed by atoms with Gasteiger partial charge in [0.25, 0.3) is 0 Å². The molecule has 0 saturated carbocycles. The van der Waals surface area contributed by atoms with Gasteiger partial charge in [-0.25, -0.2) is 0 Å². The van der Waals surface area contributed by atoms with Crippen molar-refractivity contribution in [3.05, 3.63) is 94.0 Å². The van der Waals surface area contributed by atoms with Gasteiger partial charge in [-0.15, -0.1) is 0 Å². The van der Waals surface area contributed by atoms with Crippen LogP contribution in [-0.2, 0) is 0 Å². The molecule has 0 bridgehead atoms. The highest BCUT2D eigenvalue weighted by Gasteiger charge is 2.23. The quantitative estimate of drug-likeness (QED) is 0.277. The molecule has 0 aliphatic carbocycles. The van der Waals surface area contributed by atoms with Crippen molar-refractivity contribution in [2.75, 3.05) is 4.90 Å². The molecule has 0 atom stereocenters. The van der Waals surface area contributed by atoms with Crippen molar-refractivity contribution in [3.8, 4) is 28.7 Å². The van der Waals surface area contributed by atoms with E-state index in [1.807, 2.05) is 84.0 Å². The third kappa shape index (κ3) is 4.62. The molecule has 5 heteroatoms. The maximum Gasteiger partial charge on any atom is 0.151 e. The van der Waals surface area contributed by atoms with Crippen molar-refractivity contribution < 1.29 is 20.1 Å². The minimum Gasteiger partial charge on any atom is -0.508 e. The molecule has 35 heavy (non-hydrogen) atoms. The Morgan fingerprint density at radius 2 is 1.09 bits per heavy atom. The molecule has 0 spiro atoms. The monoisotopic (exact) mass is 469 g/mol. The Labute approximate surface area is 206 Å². The first kappa shape index (κ1) is 24.0. The van der Waals surface area contributed by atoms with E-state index in [1.54, 1.807) is 18.2 Å².